The molecule has 0 aromatic rings. The highest BCUT2D eigenvalue weighted by Crippen LogP contribution is 2.03. The van der Waals surface area contributed by atoms with Crippen LogP contribution in [-0.2, 0) is 9.53 Å². The van der Waals surface area contributed by atoms with Crippen molar-refractivity contribution in [2.75, 3.05) is 26.8 Å². The van der Waals surface area contributed by atoms with Gasteiger partial charge < -0.3 is 9.64 Å². The monoisotopic (exact) mass is 240 g/mol. The molecule has 0 bridgehead atoms. The molecule has 0 aromatic heterocycles. The molecule has 4 nitrogen and oxygen atoms in total. The Balaban J connectivity index is 3.42. The summed E-state index contributed by atoms with van der Waals surface area (Å²) >= 11 is 0. The highest BCUT2D eigenvalue weighted by Gasteiger charge is 2.07. The Bertz CT molecular complexity index is 246. The lowest BCUT2D eigenvalue weighted by Crippen LogP contribution is -2.28. The van der Waals surface area contributed by atoms with Crippen LogP contribution in [0.3, 0.4) is 0 Å². The van der Waals surface area contributed by atoms with Gasteiger partial charge in [0.15, 0.2) is 0 Å². The lowest BCUT2D eigenvalue weighted by molar-refractivity contribution is -0.131. The number of hydrogen-bond acceptors (Lipinski definition) is 3. The van der Waals surface area contributed by atoms with Gasteiger partial charge in [0.2, 0.25) is 5.91 Å². The van der Waals surface area contributed by atoms with E-state index in [4.69, 9.17) is 10.00 Å². The molecule has 1 amide bonds. The standard InChI is InChI=1S/C13H24N2O2/c1-12(2)6-4-10-17-11-7-13(16)15(3)9-5-8-14/h12H,4-7,9-11H2,1-3H3. The Morgan fingerprint density at radius 2 is 2.12 bits per heavy atom. The Hall–Kier alpha value is -1.08. The number of nitriles is 1. The zero-order valence-corrected chi connectivity index (χ0v) is 11.2. The first kappa shape index (κ1) is 15.9. The Morgan fingerprint density at radius 1 is 1.41 bits per heavy atom. The van der Waals surface area contributed by atoms with E-state index in [2.05, 4.69) is 13.8 Å². The lowest BCUT2D eigenvalue weighted by Gasteiger charge is -2.15. The van der Waals surface area contributed by atoms with E-state index in [-0.39, 0.29) is 5.91 Å². The van der Waals surface area contributed by atoms with E-state index < -0.39 is 0 Å². The highest BCUT2D eigenvalue weighted by molar-refractivity contribution is 5.75. The van der Waals surface area contributed by atoms with E-state index >= 15 is 0 Å². The summed E-state index contributed by atoms with van der Waals surface area (Å²) in [4.78, 5) is 13.1. The zero-order chi connectivity index (χ0) is 13.1. The fraction of sp³-hybridized carbons (Fsp3) is 0.846. The molecule has 0 aromatic carbocycles. The summed E-state index contributed by atoms with van der Waals surface area (Å²) in [6.45, 7) is 6.09. The average molecular weight is 240 g/mol. The maximum atomic E-state index is 11.5. The van der Waals surface area contributed by atoms with E-state index in [0.29, 0.717) is 31.9 Å². The van der Waals surface area contributed by atoms with E-state index in [1.54, 1.807) is 11.9 Å². The smallest absolute Gasteiger partial charge is 0.224 e. The lowest BCUT2D eigenvalue weighted by atomic mass is 10.1. The van der Waals surface area contributed by atoms with Gasteiger partial charge in [-0.15, -0.1) is 0 Å². The molecular weight excluding hydrogens is 216 g/mol. The maximum absolute atomic E-state index is 11.5. The minimum absolute atomic E-state index is 0.0455. The van der Waals surface area contributed by atoms with Crippen molar-refractivity contribution in [1.29, 1.82) is 5.26 Å². The highest BCUT2D eigenvalue weighted by atomic mass is 16.5. The van der Waals surface area contributed by atoms with Crippen LogP contribution in [0.4, 0.5) is 0 Å². The molecule has 0 fully saturated rings. The molecule has 0 aliphatic carbocycles. The summed E-state index contributed by atoms with van der Waals surface area (Å²) in [6, 6.07) is 2.02. The van der Waals surface area contributed by atoms with Crippen molar-refractivity contribution >= 4 is 5.91 Å². The van der Waals surface area contributed by atoms with Crippen LogP contribution in [0.25, 0.3) is 0 Å². The third-order valence-electron chi connectivity index (χ3n) is 2.52. The molecule has 0 unspecified atom stereocenters. The van der Waals surface area contributed by atoms with Crippen LogP contribution in [0, 0.1) is 17.2 Å². The first-order valence-corrected chi connectivity index (χ1v) is 6.26. The molecule has 0 aliphatic heterocycles. The Labute approximate surface area is 105 Å². The SMILES string of the molecule is CC(C)CCCOCCC(=O)N(C)CCC#N. The number of carbonyl (C=O) groups is 1. The second-order valence-corrected chi connectivity index (χ2v) is 4.62. The van der Waals surface area contributed by atoms with Gasteiger partial charge in [0.25, 0.3) is 0 Å². The van der Waals surface area contributed by atoms with E-state index in [0.717, 1.165) is 19.4 Å². The number of hydrogen-bond donors (Lipinski definition) is 0. The van der Waals surface area contributed by atoms with Crippen molar-refractivity contribution in [3.63, 3.8) is 0 Å². The van der Waals surface area contributed by atoms with Crippen LogP contribution in [0.5, 0.6) is 0 Å². The minimum Gasteiger partial charge on any atom is -0.381 e. The Morgan fingerprint density at radius 3 is 2.71 bits per heavy atom. The van der Waals surface area contributed by atoms with E-state index in [1.165, 1.54) is 0 Å². The number of amides is 1. The molecule has 0 radical (unpaired) electrons. The third-order valence-corrected chi connectivity index (χ3v) is 2.52. The van der Waals surface area contributed by atoms with Crippen LogP contribution in [0.15, 0.2) is 0 Å². The number of nitrogens with zero attached hydrogens (tertiary/aromatic N) is 2. The van der Waals surface area contributed by atoms with Gasteiger partial charge in [-0.05, 0) is 18.8 Å². The van der Waals surface area contributed by atoms with Gasteiger partial charge in [-0.1, -0.05) is 13.8 Å². The van der Waals surface area contributed by atoms with Crippen molar-refractivity contribution in [3.8, 4) is 6.07 Å². The van der Waals surface area contributed by atoms with Crippen molar-refractivity contribution < 1.29 is 9.53 Å². The van der Waals surface area contributed by atoms with Crippen molar-refractivity contribution in [1.82, 2.24) is 4.90 Å². The summed E-state index contributed by atoms with van der Waals surface area (Å²) in [7, 11) is 1.72. The summed E-state index contributed by atoms with van der Waals surface area (Å²) in [5.41, 5.74) is 0. The summed E-state index contributed by atoms with van der Waals surface area (Å²) < 4.78 is 5.40. The quantitative estimate of drug-likeness (QED) is 0.581. The molecule has 0 aliphatic rings. The molecule has 0 rings (SSSR count). The maximum Gasteiger partial charge on any atom is 0.224 e. The van der Waals surface area contributed by atoms with Gasteiger partial charge in [0, 0.05) is 20.2 Å². The van der Waals surface area contributed by atoms with Crippen LogP contribution in [-0.4, -0.2) is 37.6 Å². The van der Waals surface area contributed by atoms with Gasteiger partial charge in [-0.3, -0.25) is 4.79 Å². The second kappa shape index (κ2) is 10.1. The van der Waals surface area contributed by atoms with E-state index in [9.17, 15) is 4.79 Å². The topological polar surface area (TPSA) is 53.3 Å². The molecule has 0 spiro atoms. The first-order valence-electron chi connectivity index (χ1n) is 6.26. The van der Waals surface area contributed by atoms with Crippen LogP contribution >= 0.6 is 0 Å². The molecule has 98 valence electrons. The molecule has 0 N–H and O–H groups in total. The van der Waals surface area contributed by atoms with Crippen molar-refractivity contribution in [2.24, 2.45) is 5.92 Å². The van der Waals surface area contributed by atoms with Crippen LogP contribution in [0.2, 0.25) is 0 Å². The summed E-state index contributed by atoms with van der Waals surface area (Å²) in [5, 5.41) is 8.40. The predicted octanol–water partition coefficient (Wildman–Crippen LogP) is 2.20. The average Bonchev–Trinajstić information content (AvgIpc) is 2.29. The normalized spacial score (nSPS) is 10.3. The summed E-state index contributed by atoms with van der Waals surface area (Å²) in [6.07, 6.45) is 3.01. The molecule has 0 atom stereocenters. The zero-order valence-electron chi connectivity index (χ0n) is 11.2. The number of carbonyl (C=O) groups excluding carboxylic acids is 1. The Kier molecular flexibility index (Phi) is 9.46. The number of ether oxygens (including phenoxy) is 1. The number of rotatable bonds is 9. The minimum atomic E-state index is 0.0455. The fourth-order valence-corrected chi connectivity index (χ4v) is 1.39. The summed E-state index contributed by atoms with van der Waals surface area (Å²) in [5.74, 6) is 0.751. The predicted molar refractivity (Wildman–Crippen MR) is 67.4 cm³/mol. The van der Waals surface area contributed by atoms with Crippen molar-refractivity contribution in [3.05, 3.63) is 0 Å². The van der Waals surface area contributed by atoms with Gasteiger partial charge in [-0.2, -0.15) is 5.26 Å². The largest absolute Gasteiger partial charge is 0.381 e. The first-order chi connectivity index (χ1) is 8.07. The van der Waals surface area contributed by atoms with Gasteiger partial charge >= 0.3 is 0 Å². The van der Waals surface area contributed by atoms with Gasteiger partial charge in [0.1, 0.15) is 0 Å². The molecule has 0 saturated carbocycles. The van der Waals surface area contributed by atoms with Crippen LogP contribution in [0.1, 0.15) is 39.5 Å². The third kappa shape index (κ3) is 9.83. The van der Waals surface area contributed by atoms with E-state index in [1.807, 2.05) is 6.07 Å². The molecule has 17 heavy (non-hydrogen) atoms. The molecule has 4 heteroatoms. The van der Waals surface area contributed by atoms with Crippen molar-refractivity contribution in [2.45, 2.75) is 39.5 Å². The molecule has 0 heterocycles. The molecular formula is C13H24N2O2. The fourth-order valence-electron chi connectivity index (χ4n) is 1.39. The second-order valence-electron chi connectivity index (χ2n) is 4.62. The van der Waals surface area contributed by atoms with Crippen LogP contribution < -0.4 is 0 Å². The molecule has 0 saturated heterocycles. The van der Waals surface area contributed by atoms with Gasteiger partial charge in [-0.25, -0.2) is 0 Å². The van der Waals surface area contributed by atoms with Gasteiger partial charge in [0.05, 0.1) is 25.5 Å².